The molecule has 3 nitrogen and oxygen atoms in total. The zero-order chi connectivity index (χ0) is 13.7. The van der Waals surface area contributed by atoms with E-state index >= 15 is 0 Å². The van der Waals surface area contributed by atoms with E-state index in [1.807, 2.05) is 18.2 Å². The average molecular weight is 282 g/mol. The third-order valence-electron chi connectivity index (χ3n) is 3.92. The summed E-state index contributed by atoms with van der Waals surface area (Å²) in [5.74, 6) is 0. The van der Waals surface area contributed by atoms with E-state index in [4.69, 9.17) is 17.3 Å². The van der Waals surface area contributed by atoms with Crippen LogP contribution in [-0.4, -0.2) is 43.7 Å². The molecule has 2 rings (SSSR count). The van der Waals surface area contributed by atoms with Crippen molar-refractivity contribution in [1.82, 2.24) is 4.90 Å². The number of benzene rings is 1. The summed E-state index contributed by atoms with van der Waals surface area (Å²) >= 11 is 6.26. The first-order valence-electron chi connectivity index (χ1n) is 7.19. The van der Waals surface area contributed by atoms with Gasteiger partial charge in [-0.1, -0.05) is 37.1 Å². The van der Waals surface area contributed by atoms with Gasteiger partial charge in [0, 0.05) is 38.8 Å². The predicted octanol–water partition coefficient (Wildman–Crippen LogP) is 2.59. The maximum atomic E-state index is 6.26. The van der Waals surface area contributed by atoms with E-state index in [-0.39, 0.29) is 0 Å². The maximum absolute atomic E-state index is 6.26. The highest BCUT2D eigenvalue weighted by atomic mass is 35.5. The van der Waals surface area contributed by atoms with Crippen molar-refractivity contribution in [2.24, 2.45) is 5.73 Å². The van der Waals surface area contributed by atoms with Gasteiger partial charge in [-0.3, -0.25) is 4.90 Å². The fourth-order valence-corrected chi connectivity index (χ4v) is 3.07. The smallest absolute Gasteiger partial charge is 0.0639 e. The summed E-state index contributed by atoms with van der Waals surface area (Å²) in [6.07, 6.45) is 2.40. The molecule has 1 unspecified atom stereocenters. The summed E-state index contributed by atoms with van der Waals surface area (Å²) in [5, 5.41) is 0.847. The average Bonchev–Trinajstić information content (AvgIpc) is 2.46. The van der Waals surface area contributed by atoms with Crippen LogP contribution >= 0.6 is 11.6 Å². The van der Waals surface area contributed by atoms with Crippen LogP contribution in [0.25, 0.3) is 0 Å². The largest absolute Gasteiger partial charge is 0.368 e. The first-order chi connectivity index (χ1) is 9.26. The summed E-state index contributed by atoms with van der Waals surface area (Å²) in [5.41, 5.74) is 7.04. The molecule has 106 valence electrons. The number of rotatable bonds is 5. The molecule has 0 saturated carbocycles. The van der Waals surface area contributed by atoms with Gasteiger partial charge < -0.3 is 10.6 Å². The van der Waals surface area contributed by atoms with Gasteiger partial charge >= 0.3 is 0 Å². The molecule has 1 aliphatic heterocycles. The van der Waals surface area contributed by atoms with Gasteiger partial charge in [-0.15, -0.1) is 0 Å². The third-order valence-corrected chi connectivity index (χ3v) is 4.24. The summed E-state index contributed by atoms with van der Waals surface area (Å²) in [6, 6.07) is 8.63. The number of hydrogen-bond acceptors (Lipinski definition) is 3. The quantitative estimate of drug-likeness (QED) is 0.900. The van der Waals surface area contributed by atoms with Gasteiger partial charge in [0.25, 0.3) is 0 Å². The Morgan fingerprint density at radius 2 is 1.89 bits per heavy atom. The molecule has 1 atom stereocenters. The highest BCUT2D eigenvalue weighted by Gasteiger charge is 2.23. The standard InChI is InChI=1S/C15H24ClN3/c1-2-5-13(12-17)18-8-10-19(11-9-18)15-7-4-3-6-14(15)16/h3-4,6-7,13H,2,5,8-12,17H2,1H3. The van der Waals surface area contributed by atoms with Crippen molar-refractivity contribution in [3.8, 4) is 0 Å². The molecule has 0 aliphatic carbocycles. The number of piperazine rings is 1. The zero-order valence-corrected chi connectivity index (χ0v) is 12.4. The molecular formula is C15H24ClN3. The Labute approximate surface area is 121 Å². The molecule has 4 heteroatoms. The van der Waals surface area contributed by atoms with Crippen LogP contribution in [0.1, 0.15) is 19.8 Å². The van der Waals surface area contributed by atoms with Crippen LogP contribution in [0, 0.1) is 0 Å². The lowest BCUT2D eigenvalue weighted by atomic mass is 10.1. The minimum absolute atomic E-state index is 0.540. The van der Waals surface area contributed by atoms with E-state index in [9.17, 15) is 0 Å². The second kappa shape index (κ2) is 7.13. The number of halogens is 1. The Hall–Kier alpha value is -0.770. The highest BCUT2D eigenvalue weighted by molar-refractivity contribution is 6.33. The topological polar surface area (TPSA) is 32.5 Å². The monoisotopic (exact) mass is 281 g/mol. The van der Waals surface area contributed by atoms with Crippen LogP contribution in [0.4, 0.5) is 5.69 Å². The fourth-order valence-electron chi connectivity index (χ4n) is 2.82. The molecule has 2 N–H and O–H groups in total. The number of hydrogen-bond donors (Lipinski definition) is 1. The molecule has 1 heterocycles. The fraction of sp³-hybridized carbons (Fsp3) is 0.600. The van der Waals surface area contributed by atoms with Crippen LogP contribution in [0.5, 0.6) is 0 Å². The highest BCUT2D eigenvalue weighted by Crippen LogP contribution is 2.26. The van der Waals surface area contributed by atoms with Crippen molar-refractivity contribution in [3.05, 3.63) is 29.3 Å². The summed E-state index contributed by atoms with van der Waals surface area (Å²) in [4.78, 5) is 4.90. The molecule has 19 heavy (non-hydrogen) atoms. The minimum Gasteiger partial charge on any atom is -0.368 e. The summed E-state index contributed by atoms with van der Waals surface area (Å²) in [7, 11) is 0. The maximum Gasteiger partial charge on any atom is 0.0639 e. The number of nitrogens with two attached hydrogens (primary N) is 1. The van der Waals surface area contributed by atoms with Crippen molar-refractivity contribution in [2.45, 2.75) is 25.8 Å². The number of nitrogens with zero attached hydrogens (tertiary/aromatic N) is 2. The van der Waals surface area contributed by atoms with Gasteiger partial charge in [0.2, 0.25) is 0 Å². The van der Waals surface area contributed by atoms with E-state index in [1.54, 1.807) is 0 Å². The van der Waals surface area contributed by atoms with E-state index in [2.05, 4.69) is 22.8 Å². The Morgan fingerprint density at radius 3 is 2.47 bits per heavy atom. The zero-order valence-electron chi connectivity index (χ0n) is 11.7. The lowest BCUT2D eigenvalue weighted by Gasteiger charge is -2.40. The molecule has 1 aromatic carbocycles. The molecule has 0 radical (unpaired) electrons. The van der Waals surface area contributed by atoms with Crippen LogP contribution < -0.4 is 10.6 Å². The molecule has 0 bridgehead atoms. The molecule has 1 saturated heterocycles. The van der Waals surface area contributed by atoms with Gasteiger partial charge in [0.05, 0.1) is 10.7 Å². The van der Waals surface area contributed by atoms with Gasteiger partial charge in [0.1, 0.15) is 0 Å². The van der Waals surface area contributed by atoms with Gasteiger partial charge in [0.15, 0.2) is 0 Å². The Balaban J connectivity index is 1.94. The molecular weight excluding hydrogens is 258 g/mol. The lowest BCUT2D eigenvalue weighted by Crippen LogP contribution is -2.52. The normalized spacial score (nSPS) is 18.6. The van der Waals surface area contributed by atoms with Crippen molar-refractivity contribution in [3.63, 3.8) is 0 Å². The second-order valence-electron chi connectivity index (χ2n) is 5.15. The minimum atomic E-state index is 0.540. The van der Waals surface area contributed by atoms with Crippen LogP contribution in [0.15, 0.2) is 24.3 Å². The van der Waals surface area contributed by atoms with E-state index in [0.717, 1.165) is 43.4 Å². The second-order valence-corrected chi connectivity index (χ2v) is 5.56. The van der Waals surface area contributed by atoms with Crippen LogP contribution in [0.3, 0.4) is 0 Å². The first-order valence-corrected chi connectivity index (χ1v) is 7.57. The lowest BCUT2D eigenvalue weighted by molar-refractivity contribution is 0.179. The van der Waals surface area contributed by atoms with E-state index < -0.39 is 0 Å². The summed E-state index contributed by atoms with van der Waals surface area (Å²) < 4.78 is 0. The predicted molar refractivity (Wildman–Crippen MR) is 83.0 cm³/mol. The van der Waals surface area contributed by atoms with Crippen molar-refractivity contribution >= 4 is 17.3 Å². The third kappa shape index (κ3) is 3.62. The number of anilines is 1. The molecule has 0 spiro atoms. The van der Waals surface area contributed by atoms with Crippen LogP contribution in [-0.2, 0) is 0 Å². The van der Waals surface area contributed by atoms with Crippen LogP contribution in [0.2, 0.25) is 5.02 Å². The Kier molecular flexibility index (Phi) is 5.49. The Bertz CT molecular complexity index is 389. The van der Waals surface area contributed by atoms with Gasteiger partial charge in [-0.05, 0) is 18.6 Å². The molecule has 1 aromatic rings. The SMILES string of the molecule is CCCC(CN)N1CCN(c2ccccc2Cl)CC1. The Morgan fingerprint density at radius 1 is 1.21 bits per heavy atom. The molecule has 0 amide bonds. The molecule has 1 aliphatic rings. The van der Waals surface area contributed by atoms with Gasteiger partial charge in [-0.2, -0.15) is 0 Å². The first kappa shape index (κ1) is 14.6. The number of para-hydroxylation sites is 1. The van der Waals surface area contributed by atoms with Crippen molar-refractivity contribution < 1.29 is 0 Å². The van der Waals surface area contributed by atoms with Crippen molar-refractivity contribution in [1.29, 1.82) is 0 Å². The van der Waals surface area contributed by atoms with Crippen molar-refractivity contribution in [2.75, 3.05) is 37.6 Å². The molecule has 0 aromatic heterocycles. The van der Waals surface area contributed by atoms with E-state index in [1.165, 1.54) is 12.8 Å². The molecule has 1 fully saturated rings. The van der Waals surface area contributed by atoms with Gasteiger partial charge in [-0.25, -0.2) is 0 Å². The summed E-state index contributed by atoms with van der Waals surface area (Å²) in [6.45, 7) is 7.21. The van der Waals surface area contributed by atoms with E-state index in [0.29, 0.717) is 6.04 Å².